The van der Waals surface area contributed by atoms with Gasteiger partial charge in [0.05, 0.1) is 39.6 Å². The van der Waals surface area contributed by atoms with Crippen LogP contribution >= 0.6 is 0 Å². The SMILES string of the molecule is CC(C)(N=NC(C)(C)C(N)=NC(CO)(CO)CO)C(N)=NC(CO)(CO)CO. The molecule has 12 heteroatoms. The minimum absolute atomic E-state index is 0.0878. The van der Waals surface area contributed by atoms with E-state index in [1.807, 2.05) is 0 Å². The van der Waals surface area contributed by atoms with E-state index in [2.05, 4.69) is 20.2 Å². The van der Waals surface area contributed by atoms with Crippen LogP contribution in [0.4, 0.5) is 0 Å². The Morgan fingerprint density at radius 1 is 0.571 bits per heavy atom. The predicted molar refractivity (Wildman–Crippen MR) is 104 cm³/mol. The third-order valence-corrected chi connectivity index (χ3v) is 4.28. The van der Waals surface area contributed by atoms with Gasteiger partial charge < -0.3 is 42.1 Å². The van der Waals surface area contributed by atoms with Crippen molar-refractivity contribution in [2.75, 3.05) is 39.6 Å². The van der Waals surface area contributed by atoms with Crippen LogP contribution in [-0.4, -0.2) is 104 Å². The van der Waals surface area contributed by atoms with E-state index in [1.165, 1.54) is 0 Å². The average molecular weight is 406 g/mol. The lowest BCUT2D eigenvalue weighted by Gasteiger charge is -2.29. The summed E-state index contributed by atoms with van der Waals surface area (Å²) in [6, 6.07) is 0. The molecule has 0 aliphatic heterocycles. The first-order chi connectivity index (χ1) is 12.8. The topological polar surface area (TPSA) is 223 Å². The Morgan fingerprint density at radius 3 is 0.964 bits per heavy atom. The molecule has 0 amide bonds. The number of hydrogen-bond donors (Lipinski definition) is 8. The van der Waals surface area contributed by atoms with Crippen LogP contribution in [0.3, 0.4) is 0 Å². The second-order valence-corrected chi connectivity index (χ2v) is 7.71. The van der Waals surface area contributed by atoms with Crippen LogP contribution in [0, 0.1) is 0 Å². The minimum atomic E-state index is -1.55. The number of aliphatic hydroxyl groups is 6. The Morgan fingerprint density at radius 2 is 0.786 bits per heavy atom. The molecule has 0 aromatic carbocycles. The zero-order chi connectivity index (χ0) is 22.2. The number of rotatable bonds is 12. The minimum Gasteiger partial charge on any atom is -0.394 e. The molecular weight excluding hydrogens is 372 g/mol. The number of nitrogens with zero attached hydrogens (tertiary/aromatic N) is 4. The first-order valence-electron chi connectivity index (χ1n) is 8.64. The highest BCUT2D eigenvalue weighted by Gasteiger charge is 2.34. The molecule has 28 heavy (non-hydrogen) atoms. The Labute approximate surface area is 164 Å². The summed E-state index contributed by atoms with van der Waals surface area (Å²) in [7, 11) is 0. The monoisotopic (exact) mass is 406 g/mol. The van der Waals surface area contributed by atoms with Crippen LogP contribution in [0.5, 0.6) is 0 Å². The van der Waals surface area contributed by atoms with Gasteiger partial charge in [0.25, 0.3) is 0 Å². The van der Waals surface area contributed by atoms with Gasteiger partial charge in [0.15, 0.2) is 0 Å². The lowest BCUT2D eigenvalue weighted by atomic mass is 10.0. The van der Waals surface area contributed by atoms with Crippen molar-refractivity contribution in [3.05, 3.63) is 0 Å². The molecule has 0 saturated carbocycles. The van der Waals surface area contributed by atoms with Gasteiger partial charge in [-0.1, -0.05) is 0 Å². The number of azo groups is 1. The van der Waals surface area contributed by atoms with Crippen molar-refractivity contribution < 1.29 is 30.6 Å². The van der Waals surface area contributed by atoms with Gasteiger partial charge in [0, 0.05) is 0 Å². The lowest BCUT2D eigenvalue weighted by Crippen LogP contribution is -2.47. The first-order valence-corrected chi connectivity index (χ1v) is 8.64. The normalized spacial score (nSPS) is 15.5. The van der Waals surface area contributed by atoms with Crippen molar-refractivity contribution in [3.63, 3.8) is 0 Å². The first kappa shape index (κ1) is 26.3. The summed E-state index contributed by atoms with van der Waals surface area (Å²) in [6.07, 6.45) is 0. The van der Waals surface area contributed by atoms with E-state index < -0.39 is 61.8 Å². The van der Waals surface area contributed by atoms with Crippen molar-refractivity contribution in [2.45, 2.75) is 49.9 Å². The second kappa shape index (κ2) is 10.2. The molecule has 0 unspecified atom stereocenters. The Kier molecular flexibility index (Phi) is 9.57. The number of aliphatic imine (C=N–C) groups is 2. The van der Waals surface area contributed by atoms with Gasteiger partial charge in [0.2, 0.25) is 0 Å². The molecule has 0 spiro atoms. The number of nitrogens with two attached hydrogens (primary N) is 2. The van der Waals surface area contributed by atoms with Crippen molar-refractivity contribution in [3.8, 4) is 0 Å². The molecule has 0 heterocycles. The van der Waals surface area contributed by atoms with E-state index in [0.29, 0.717) is 0 Å². The van der Waals surface area contributed by atoms with Crippen molar-refractivity contribution in [1.29, 1.82) is 0 Å². The zero-order valence-corrected chi connectivity index (χ0v) is 16.9. The molecule has 0 aliphatic carbocycles. The summed E-state index contributed by atoms with van der Waals surface area (Å²) in [4.78, 5) is 8.02. The molecule has 0 rings (SSSR count). The maximum Gasteiger partial charge on any atom is 0.132 e. The molecule has 0 fully saturated rings. The highest BCUT2D eigenvalue weighted by Crippen LogP contribution is 2.20. The highest BCUT2D eigenvalue weighted by atomic mass is 16.3. The average Bonchev–Trinajstić information content (AvgIpc) is 2.68. The third-order valence-electron chi connectivity index (χ3n) is 4.28. The largest absolute Gasteiger partial charge is 0.394 e. The number of hydrogen-bond acceptors (Lipinski definition) is 10. The van der Waals surface area contributed by atoms with Gasteiger partial charge in [0.1, 0.15) is 33.8 Å². The maximum absolute atomic E-state index is 9.37. The van der Waals surface area contributed by atoms with E-state index >= 15 is 0 Å². The molecule has 0 radical (unpaired) electrons. The van der Waals surface area contributed by atoms with E-state index in [1.54, 1.807) is 27.7 Å². The predicted octanol–water partition coefficient (Wildman–Crippen LogP) is -2.86. The second-order valence-electron chi connectivity index (χ2n) is 7.71. The van der Waals surface area contributed by atoms with E-state index in [9.17, 15) is 30.6 Å². The Hall–Kier alpha value is -1.70. The Balaban J connectivity index is 5.78. The van der Waals surface area contributed by atoms with Gasteiger partial charge >= 0.3 is 0 Å². The fourth-order valence-electron chi connectivity index (χ4n) is 1.65. The molecule has 0 atom stereocenters. The molecule has 0 aliphatic rings. The number of amidine groups is 2. The summed E-state index contributed by atoms with van der Waals surface area (Å²) in [6.45, 7) is 2.59. The van der Waals surface area contributed by atoms with Crippen molar-refractivity contribution >= 4 is 11.7 Å². The molecule has 12 nitrogen and oxygen atoms in total. The van der Waals surface area contributed by atoms with Gasteiger partial charge in [-0.2, -0.15) is 10.2 Å². The van der Waals surface area contributed by atoms with Gasteiger partial charge in [-0.3, -0.25) is 9.98 Å². The quantitative estimate of drug-likeness (QED) is 0.0953. The molecular formula is C16H34N6O6. The zero-order valence-electron chi connectivity index (χ0n) is 16.9. The van der Waals surface area contributed by atoms with Gasteiger partial charge in [-0.25, -0.2) is 0 Å². The number of aliphatic hydroxyl groups excluding tert-OH is 6. The smallest absolute Gasteiger partial charge is 0.132 e. The lowest BCUT2D eigenvalue weighted by molar-refractivity contribution is 0.0706. The van der Waals surface area contributed by atoms with E-state index in [4.69, 9.17) is 11.5 Å². The standard InChI is InChI=1S/C16H34N6O6/c1-13(2,11(17)19-15(5-23,6-24)7-25)21-22-14(3,4)12(18)20-16(8-26,9-27)10-28/h23-28H,5-10H2,1-4H3,(H2,17,19)(H2,18,20). The van der Waals surface area contributed by atoms with Crippen molar-refractivity contribution in [1.82, 2.24) is 0 Å². The molecule has 164 valence electrons. The summed E-state index contributed by atoms with van der Waals surface area (Å²) in [5, 5.41) is 64.5. The summed E-state index contributed by atoms with van der Waals surface area (Å²) >= 11 is 0. The molecule has 0 bridgehead atoms. The van der Waals surface area contributed by atoms with Crippen LogP contribution in [0.15, 0.2) is 20.2 Å². The summed E-state index contributed by atoms with van der Waals surface area (Å²) in [5.41, 5.74) is 6.43. The van der Waals surface area contributed by atoms with Crippen LogP contribution in [0.25, 0.3) is 0 Å². The van der Waals surface area contributed by atoms with E-state index in [0.717, 1.165) is 0 Å². The van der Waals surface area contributed by atoms with Gasteiger partial charge in [-0.15, -0.1) is 0 Å². The van der Waals surface area contributed by atoms with E-state index in [-0.39, 0.29) is 11.7 Å². The van der Waals surface area contributed by atoms with Gasteiger partial charge in [-0.05, 0) is 27.7 Å². The van der Waals surface area contributed by atoms with Crippen molar-refractivity contribution in [2.24, 2.45) is 31.7 Å². The fourth-order valence-corrected chi connectivity index (χ4v) is 1.65. The summed E-state index contributed by atoms with van der Waals surface area (Å²) in [5.74, 6) is -0.176. The van der Waals surface area contributed by atoms with Crippen LogP contribution in [0.2, 0.25) is 0 Å². The fraction of sp³-hybridized carbons (Fsp3) is 0.875. The van der Waals surface area contributed by atoms with Crippen LogP contribution in [0.1, 0.15) is 27.7 Å². The molecule has 0 aromatic rings. The third kappa shape index (κ3) is 6.43. The van der Waals surface area contributed by atoms with Crippen LogP contribution in [-0.2, 0) is 0 Å². The molecule has 0 saturated heterocycles. The highest BCUT2D eigenvalue weighted by molar-refractivity contribution is 5.91. The summed E-state index contributed by atoms with van der Waals surface area (Å²) < 4.78 is 0. The maximum atomic E-state index is 9.37. The molecule has 10 N–H and O–H groups in total. The van der Waals surface area contributed by atoms with Crippen LogP contribution < -0.4 is 11.5 Å². The molecule has 0 aromatic heterocycles. The Bertz CT molecular complexity index is 516.